The second-order valence-electron chi connectivity index (χ2n) is 5.74. The van der Waals surface area contributed by atoms with Gasteiger partial charge in [-0.3, -0.25) is 4.79 Å². The summed E-state index contributed by atoms with van der Waals surface area (Å²) in [6.07, 6.45) is 2.38. The van der Waals surface area contributed by atoms with Crippen LogP contribution in [-0.4, -0.2) is 19.0 Å². The van der Waals surface area contributed by atoms with E-state index in [1.807, 2.05) is 12.1 Å². The highest BCUT2D eigenvalue weighted by atomic mass is 35.5. The Bertz CT molecular complexity index is 718. The minimum atomic E-state index is -0.118. The van der Waals surface area contributed by atoms with E-state index in [4.69, 9.17) is 27.9 Å². The summed E-state index contributed by atoms with van der Waals surface area (Å²) in [5.41, 5.74) is 1.73. The number of ether oxygens (including phenoxy) is 1. The van der Waals surface area contributed by atoms with Crippen molar-refractivity contribution in [1.82, 2.24) is 0 Å². The molecule has 1 aliphatic rings. The Morgan fingerprint density at radius 2 is 1.67 bits per heavy atom. The molecule has 1 saturated heterocycles. The third-order valence-corrected chi connectivity index (χ3v) is 4.41. The molecule has 126 valence electrons. The fraction of sp³-hybridized carbons (Fsp3) is 0.278. The van der Waals surface area contributed by atoms with Crippen molar-refractivity contribution in [2.75, 3.05) is 23.3 Å². The zero-order valence-corrected chi connectivity index (χ0v) is 14.8. The third-order valence-electron chi connectivity index (χ3n) is 3.85. The van der Waals surface area contributed by atoms with Crippen LogP contribution in [0.2, 0.25) is 10.0 Å². The topological polar surface area (TPSA) is 41.6 Å². The zero-order chi connectivity index (χ0) is 17.1. The Labute approximate surface area is 151 Å². The van der Waals surface area contributed by atoms with Gasteiger partial charge in [-0.2, -0.15) is 0 Å². The summed E-state index contributed by atoms with van der Waals surface area (Å²) in [4.78, 5) is 13.3. The summed E-state index contributed by atoms with van der Waals surface area (Å²) in [6, 6.07) is 10.8. The highest BCUT2D eigenvalue weighted by Crippen LogP contribution is 2.40. The highest BCUT2D eigenvalue weighted by Gasteiger charge is 2.17. The predicted octanol–water partition coefficient (Wildman–Crippen LogP) is 5.34. The monoisotopic (exact) mass is 364 g/mol. The Kier molecular flexibility index (Phi) is 5.17. The van der Waals surface area contributed by atoms with Gasteiger partial charge in [-0.1, -0.05) is 23.2 Å². The van der Waals surface area contributed by atoms with E-state index in [0.717, 1.165) is 18.8 Å². The number of carbonyl (C=O) groups is 1. The van der Waals surface area contributed by atoms with Gasteiger partial charge in [0.1, 0.15) is 5.75 Å². The van der Waals surface area contributed by atoms with E-state index < -0.39 is 0 Å². The van der Waals surface area contributed by atoms with E-state index in [0.29, 0.717) is 27.2 Å². The van der Waals surface area contributed by atoms with E-state index >= 15 is 0 Å². The Hall–Kier alpha value is -1.91. The van der Waals surface area contributed by atoms with Crippen LogP contribution in [0, 0.1) is 0 Å². The van der Waals surface area contributed by atoms with Crippen molar-refractivity contribution in [2.24, 2.45) is 0 Å². The first-order valence-corrected chi connectivity index (χ1v) is 8.58. The molecule has 0 bridgehead atoms. The SMILES string of the molecule is CC(=O)Nc1ccc(Oc2c(Cl)cc(N3CCCC3)cc2Cl)cc1. The zero-order valence-electron chi connectivity index (χ0n) is 13.3. The molecule has 1 heterocycles. The summed E-state index contributed by atoms with van der Waals surface area (Å²) in [5, 5.41) is 3.67. The smallest absolute Gasteiger partial charge is 0.221 e. The molecule has 0 spiro atoms. The van der Waals surface area contributed by atoms with Gasteiger partial charge >= 0.3 is 0 Å². The number of nitrogens with one attached hydrogen (secondary N) is 1. The van der Waals surface area contributed by atoms with Crippen LogP contribution in [0.25, 0.3) is 0 Å². The van der Waals surface area contributed by atoms with Crippen LogP contribution >= 0.6 is 23.2 Å². The number of halogens is 2. The number of amides is 1. The number of rotatable bonds is 4. The summed E-state index contributed by atoms with van der Waals surface area (Å²) >= 11 is 12.7. The number of hydrogen-bond acceptors (Lipinski definition) is 3. The van der Waals surface area contributed by atoms with Gasteiger partial charge in [0.05, 0.1) is 10.0 Å². The lowest BCUT2D eigenvalue weighted by atomic mass is 10.2. The van der Waals surface area contributed by atoms with Crippen LogP contribution in [0.15, 0.2) is 36.4 Å². The third kappa shape index (κ3) is 3.94. The Morgan fingerprint density at radius 3 is 2.21 bits per heavy atom. The van der Waals surface area contributed by atoms with Crippen LogP contribution in [0.5, 0.6) is 11.5 Å². The summed E-state index contributed by atoms with van der Waals surface area (Å²) in [6.45, 7) is 3.51. The quantitative estimate of drug-likeness (QED) is 0.795. The molecule has 1 fully saturated rings. The first-order valence-electron chi connectivity index (χ1n) is 7.82. The molecular formula is C18H18Cl2N2O2. The summed E-state index contributed by atoms with van der Waals surface area (Å²) in [5.74, 6) is 0.919. The standard InChI is InChI=1S/C18H18Cl2N2O2/c1-12(23)21-13-4-6-15(7-5-13)24-18-16(19)10-14(11-17(18)20)22-8-2-3-9-22/h4-7,10-11H,2-3,8-9H2,1H3,(H,21,23). The fourth-order valence-electron chi connectivity index (χ4n) is 2.73. The van der Waals surface area contributed by atoms with Crippen molar-refractivity contribution < 1.29 is 9.53 Å². The first kappa shape index (κ1) is 16.9. The molecule has 1 N–H and O–H groups in total. The molecule has 2 aromatic rings. The van der Waals surface area contributed by atoms with Crippen LogP contribution in [0.1, 0.15) is 19.8 Å². The maximum absolute atomic E-state index is 11.0. The van der Waals surface area contributed by atoms with E-state index in [2.05, 4.69) is 10.2 Å². The van der Waals surface area contributed by atoms with Crippen molar-refractivity contribution in [1.29, 1.82) is 0 Å². The molecule has 0 aromatic heterocycles. The van der Waals surface area contributed by atoms with Crippen molar-refractivity contribution >= 4 is 40.5 Å². The second-order valence-corrected chi connectivity index (χ2v) is 6.55. The number of anilines is 2. The van der Waals surface area contributed by atoms with E-state index in [-0.39, 0.29) is 5.91 Å². The molecule has 0 aliphatic carbocycles. The van der Waals surface area contributed by atoms with Gasteiger partial charge < -0.3 is 15.0 Å². The summed E-state index contributed by atoms with van der Waals surface area (Å²) in [7, 11) is 0. The van der Waals surface area contributed by atoms with Crippen LogP contribution < -0.4 is 15.0 Å². The van der Waals surface area contributed by atoms with Crippen molar-refractivity contribution in [2.45, 2.75) is 19.8 Å². The Morgan fingerprint density at radius 1 is 1.08 bits per heavy atom. The van der Waals surface area contributed by atoms with Crippen LogP contribution in [-0.2, 0) is 4.79 Å². The molecule has 6 heteroatoms. The number of nitrogens with zero attached hydrogens (tertiary/aromatic N) is 1. The molecule has 24 heavy (non-hydrogen) atoms. The lowest BCUT2D eigenvalue weighted by Gasteiger charge is -2.19. The van der Waals surface area contributed by atoms with Gasteiger partial charge in [-0.15, -0.1) is 0 Å². The molecule has 0 atom stereocenters. The molecule has 0 radical (unpaired) electrons. The molecule has 3 rings (SSSR count). The molecule has 0 saturated carbocycles. The fourth-order valence-corrected chi connectivity index (χ4v) is 3.28. The number of carbonyl (C=O) groups excluding carboxylic acids is 1. The van der Waals surface area contributed by atoms with Gasteiger partial charge in [0.25, 0.3) is 0 Å². The second kappa shape index (κ2) is 7.32. The van der Waals surface area contributed by atoms with Gasteiger partial charge in [0.2, 0.25) is 5.91 Å². The van der Waals surface area contributed by atoms with Gasteiger partial charge in [0.15, 0.2) is 5.75 Å². The van der Waals surface area contributed by atoms with E-state index in [1.165, 1.54) is 19.8 Å². The van der Waals surface area contributed by atoms with Gasteiger partial charge in [-0.05, 0) is 49.2 Å². The molecular weight excluding hydrogens is 347 g/mol. The minimum absolute atomic E-state index is 0.118. The molecule has 0 unspecified atom stereocenters. The van der Waals surface area contributed by atoms with Gasteiger partial charge in [0, 0.05) is 31.4 Å². The lowest BCUT2D eigenvalue weighted by Crippen LogP contribution is -2.17. The maximum atomic E-state index is 11.0. The minimum Gasteiger partial charge on any atom is -0.454 e. The van der Waals surface area contributed by atoms with E-state index in [9.17, 15) is 4.79 Å². The van der Waals surface area contributed by atoms with Gasteiger partial charge in [-0.25, -0.2) is 0 Å². The van der Waals surface area contributed by atoms with Crippen molar-refractivity contribution in [3.63, 3.8) is 0 Å². The number of hydrogen-bond donors (Lipinski definition) is 1. The summed E-state index contributed by atoms with van der Waals surface area (Å²) < 4.78 is 5.82. The molecule has 2 aromatic carbocycles. The average Bonchev–Trinajstić information content (AvgIpc) is 3.06. The van der Waals surface area contributed by atoms with Crippen molar-refractivity contribution in [3.8, 4) is 11.5 Å². The molecule has 1 aliphatic heterocycles. The predicted molar refractivity (Wildman–Crippen MR) is 98.7 cm³/mol. The van der Waals surface area contributed by atoms with E-state index in [1.54, 1.807) is 24.3 Å². The lowest BCUT2D eigenvalue weighted by molar-refractivity contribution is -0.114. The molecule has 4 nitrogen and oxygen atoms in total. The van der Waals surface area contributed by atoms with Crippen molar-refractivity contribution in [3.05, 3.63) is 46.4 Å². The normalized spacial score (nSPS) is 13.9. The highest BCUT2D eigenvalue weighted by molar-refractivity contribution is 6.37. The molecule has 1 amide bonds. The Balaban J connectivity index is 1.78. The average molecular weight is 365 g/mol. The van der Waals surface area contributed by atoms with Crippen LogP contribution in [0.4, 0.5) is 11.4 Å². The number of benzene rings is 2. The van der Waals surface area contributed by atoms with Crippen LogP contribution in [0.3, 0.4) is 0 Å². The maximum Gasteiger partial charge on any atom is 0.221 e. The first-order chi connectivity index (χ1) is 11.5. The largest absolute Gasteiger partial charge is 0.454 e.